The summed E-state index contributed by atoms with van der Waals surface area (Å²) < 4.78 is 49.5. The van der Waals surface area contributed by atoms with Gasteiger partial charge in [-0.05, 0) is 107 Å². The summed E-state index contributed by atoms with van der Waals surface area (Å²) in [6, 6.07) is 10.8. The van der Waals surface area contributed by atoms with E-state index in [2.05, 4.69) is 31.9 Å². The van der Waals surface area contributed by atoms with Gasteiger partial charge in [0, 0.05) is 55.6 Å². The molecule has 2 aromatic carbocycles. The molecule has 3 atom stereocenters. The largest absolute Gasteiger partial charge is 0.444 e. The minimum Gasteiger partial charge on any atom is -0.444 e. The number of carbonyl (C=O) groups is 2. The number of amides is 2. The van der Waals surface area contributed by atoms with Gasteiger partial charge in [-0.15, -0.1) is 0 Å². The Labute approximate surface area is 297 Å². The van der Waals surface area contributed by atoms with Gasteiger partial charge in [-0.3, -0.25) is 19.7 Å². The topological polar surface area (TPSA) is 97.9 Å². The number of anilines is 1. The number of ether oxygens (including phenoxy) is 1. The molecule has 0 bridgehead atoms. The van der Waals surface area contributed by atoms with Gasteiger partial charge < -0.3 is 14.5 Å². The van der Waals surface area contributed by atoms with Crippen LogP contribution in [-0.4, -0.2) is 92.3 Å². The molecule has 3 aliphatic heterocycles. The number of H-pyrrole nitrogens is 1. The number of hydrogen-bond donors (Lipinski definition) is 1. The molecule has 2 amide bonds. The van der Waals surface area contributed by atoms with Crippen LogP contribution in [0.5, 0.6) is 0 Å². The zero-order valence-corrected chi connectivity index (χ0v) is 30.3. The van der Waals surface area contributed by atoms with Crippen molar-refractivity contribution in [2.75, 3.05) is 31.6 Å². The number of fused-ring (bicyclic) bond motifs is 1. The summed E-state index contributed by atoms with van der Waals surface area (Å²) in [5.41, 5.74) is 0.425. The smallest absolute Gasteiger partial charge is 0.416 e. The number of benzene rings is 2. The first kappa shape index (κ1) is 35.4. The van der Waals surface area contributed by atoms with Crippen LogP contribution in [0.1, 0.15) is 98.7 Å². The van der Waals surface area contributed by atoms with Crippen LogP contribution in [0.25, 0.3) is 0 Å². The van der Waals surface area contributed by atoms with Crippen molar-refractivity contribution < 1.29 is 27.5 Å². The summed E-state index contributed by atoms with van der Waals surface area (Å²) in [5.74, 6) is 0.813. The molecule has 1 N–H and O–H groups in total. The van der Waals surface area contributed by atoms with Crippen molar-refractivity contribution in [1.82, 2.24) is 29.9 Å². The van der Waals surface area contributed by atoms with Crippen molar-refractivity contribution in [2.45, 2.75) is 109 Å². The number of likely N-dealkylation sites (tertiary alicyclic amines) is 2. The van der Waals surface area contributed by atoms with E-state index in [1.54, 1.807) is 17.0 Å². The molecule has 13 heteroatoms. The van der Waals surface area contributed by atoms with Gasteiger partial charge in [-0.1, -0.05) is 19.1 Å². The lowest BCUT2D eigenvalue weighted by molar-refractivity contribution is -0.138. The van der Waals surface area contributed by atoms with Crippen molar-refractivity contribution in [2.24, 2.45) is 5.92 Å². The van der Waals surface area contributed by atoms with E-state index in [0.29, 0.717) is 23.7 Å². The summed E-state index contributed by atoms with van der Waals surface area (Å²) in [6.07, 6.45) is -0.00151. The van der Waals surface area contributed by atoms with Crippen molar-refractivity contribution >= 4 is 17.7 Å². The molecule has 0 unspecified atom stereocenters. The zero-order valence-electron chi connectivity index (χ0n) is 30.3. The number of aromatic nitrogens is 3. The van der Waals surface area contributed by atoms with E-state index in [4.69, 9.17) is 4.74 Å². The second kappa shape index (κ2) is 12.9. The van der Waals surface area contributed by atoms with Gasteiger partial charge >= 0.3 is 12.3 Å². The molecular weight excluding hydrogens is 659 g/mol. The number of carbonyl (C=O) groups excluding carboxylic acids is 2. The summed E-state index contributed by atoms with van der Waals surface area (Å²) in [7, 11) is 1.93. The second-order valence-corrected chi connectivity index (χ2v) is 16.3. The van der Waals surface area contributed by atoms with E-state index in [-0.39, 0.29) is 53.9 Å². The first-order valence-electron chi connectivity index (χ1n) is 18.0. The maximum Gasteiger partial charge on any atom is 0.416 e. The van der Waals surface area contributed by atoms with Crippen molar-refractivity contribution in [3.63, 3.8) is 0 Å². The molecule has 1 saturated carbocycles. The van der Waals surface area contributed by atoms with Gasteiger partial charge in [0.05, 0.1) is 17.5 Å². The van der Waals surface area contributed by atoms with Gasteiger partial charge in [0.15, 0.2) is 0 Å². The molecule has 51 heavy (non-hydrogen) atoms. The van der Waals surface area contributed by atoms with E-state index in [1.807, 2.05) is 52.9 Å². The monoisotopic (exact) mass is 707 g/mol. The average Bonchev–Trinajstić information content (AvgIpc) is 3.85. The van der Waals surface area contributed by atoms with E-state index < -0.39 is 23.2 Å². The Kier molecular flexibility index (Phi) is 8.97. The van der Waals surface area contributed by atoms with Gasteiger partial charge in [0.1, 0.15) is 17.8 Å². The first-order chi connectivity index (χ1) is 24.0. The molecule has 4 aliphatic rings. The lowest BCUT2D eigenvalue weighted by atomic mass is 9.58. The molecular formula is C38H48F3N7O3. The fraction of sp³-hybridized carbons (Fsp3) is 0.579. The molecule has 10 nitrogen and oxygen atoms in total. The predicted molar refractivity (Wildman–Crippen MR) is 186 cm³/mol. The molecule has 3 fully saturated rings. The molecule has 7 rings (SSSR count). The lowest BCUT2D eigenvalue weighted by Crippen LogP contribution is -2.42. The van der Waals surface area contributed by atoms with Crippen LogP contribution in [0.4, 0.5) is 23.7 Å². The van der Waals surface area contributed by atoms with E-state index in [9.17, 15) is 22.8 Å². The number of alkyl halides is 3. The summed E-state index contributed by atoms with van der Waals surface area (Å²) in [5, 5.41) is 7.07. The van der Waals surface area contributed by atoms with Crippen LogP contribution in [0.2, 0.25) is 0 Å². The highest BCUT2D eigenvalue weighted by Crippen LogP contribution is 2.51. The summed E-state index contributed by atoms with van der Waals surface area (Å²) in [4.78, 5) is 38.9. The van der Waals surface area contributed by atoms with Gasteiger partial charge in [-0.25, -0.2) is 9.78 Å². The van der Waals surface area contributed by atoms with Crippen LogP contribution in [0.3, 0.4) is 0 Å². The Morgan fingerprint density at radius 1 is 1.12 bits per heavy atom. The highest BCUT2D eigenvalue weighted by atomic mass is 19.4. The summed E-state index contributed by atoms with van der Waals surface area (Å²) in [6.45, 7) is 12.1. The average molecular weight is 708 g/mol. The normalized spacial score (nSPS) is 27.0. The highest BCUT2D eigenvalue weighted by Gasteiger charge is 2.48. The number of likely N-dealkylation sites (N-methyl/N-ethyl adjacent to an activating group) is 1. The number of nitrogens with zero attached hydrogens (tertiary/aromatic N) is 6. The molecule has 1 aliphatic carbocycles. The van der Waals surface area contributed by atoms with Crippen molar-refractivity contribution in [3.05, 3.63) is 76.4 Å². The van der Waals surface area contributed by atoms with Crippen LogP contribution in [0.15, 0.2) is 42.7 Å². The maximum atomic E-state index is 14.6. The number of aromatic amines is 1. The second-order valence-electron chi connectivity index (χ2n) is 16.3. The fourth-order valence-corrected chi connectivity index (χ4v) is 8.84. The minimum atomic E-state index is -4.61. The molecule has 274 valence electrons. The molecule has 4 heterocycles. The third kappa shape index (κ3) is 6.74. The molecule has 3 aromatic rings. The number of halogens is 3. The third-order valence-electron chi connectivity index (χ3n) is 11.3. The zero-order chi connectivity index (χ0) is 36.5. The van der Waals surface area contributed by atoms with E-state index in [0.717, 1.165) is 50.2 Å². The fourth-order valence-electron chi connectivity index (χ4n) is 8.84. The number of rotatable bonds is 7. The van der Waals surface area contributed by atoms with Crippen LogP contribution < -0.4 is 4.90 Å². The Bertz CT molecular complexity index is 1780. The molecule has 0 radical (unpaired) electrons. The standard InChI is InChI=1S/C38H48F3N7O3/c1-23-16-37(17-23,34-42-22-43-44-34)26-8-7-9-27(15-26)48-21-31-30(33(48)49)13-25(14-32(31)38(39,40)41)18-45(6)28-10-11-46(19-28)29-12-24(2)47(20-29)35(50)51-36(3,4)5/h7-9,13-15,22-24,28-29H,10-12,16-21H2,1-6H3,(H,42,43,44)/t23?,24-,28+,29+,37?/m1/s1. The van der Waals surface area contributed by atoms with Gasteiger partial charge in [-0.2, -0.15) is 18.3 Å². The van der Waals surface area contributed by atoms with Crippen molar-refractivity contribution in [1.29, 1.82) is 0 Å². The lowest BCUT2D eigenvalue weighted by Gasteiger charge is -2.45. The van der Waals surface area contributed by atoms with E-state index in [1.165, 1.54) is 17.3 Å². The van der Waals surface area contributed by atoms with Crippen molar-refractivity contribution in [3.8, 4) is 0 Å². The number of nitrogens with one attached hydrogen (secondary N) is 1. The Morgan fingerprint density at radius 3 is 2.55 bits per heavy atom. The van der Waals surface area contributed by atoms with Crippen LogP contribution in [0, 0.1) is 5.92 Å². The first-order valence-corrected chi connectivity index (χ1v) is 18.0. The Hall–Kier alpha value is -3.97. The van der Waals surface area contributed by atoms with Gasteiger partial charge in [0.2, 0.25) is 0 Å². The quantitative estimate of drug-likeness (QED) is 0.296. The minimum absolute atomic E-state index is 0.0171. The van der Waals surface area contributed by atoms with Crippen LogP contribution in [-0.2, 0) is 29.4 Å². The van der Waals surface area contributed by atoms with E-state index >= 15 is 0 Å². The molecule has 0 spiro atoms. The third-order valence-corrected chi connectivity index (χ3v) is 11.3. The van der Waals surface area contributed by atoms with Gasteiger partial charge in [0.25, 0.3) is 5.91 Å². The maximum absolute atomic E-state index is 14.6. The van der Waals surface area contributed by atoms with Crippen LogP contribution >= 0.6 is 0 Å². The molecule has 1 aromatic heterocycles. The Morgan fingerprint density at radius 2 is 1.88 bits per heavy atom. The Balaban J connectivity index is 1.06. The molecule has 2 saturated heterocycles. The SMILES string of the molecule is CC1CC(c2cccc(N3Cc4c(cc(CN(C)[C@H]5CCN([C@H]6C[C@@H](C)N(C(=O)OC(C)(C)C)C6)C5)cc4C(F)(F)F)C3=O)c2)(c2ncn[nH]2)C1. The highest BCUT2D eigenvalue weighted by molar-refractivity contribution is 6.10. The number of hydrogen-bond acceptors (Lipinski definition) is 7. The predicted octanol–water partition coefficient (Wildman–Crippen LogP) is 6.60. The summed E-state index contributed by atoms with van der Waals surface area (Å²) >= 11 is 0.